The molecular formula is C26H27ClN2O4S2. The van der Waals surface area contributed by atoms with E-state index >= 15 is 0 Å². The maximum Gasteiger partial charge on any atom is 0.243 e. The molecule has 0 aliphatic carbocycles. The highest BCUT2D eigenvalue weighted by Gasteiger charge is 2.34. The second-order valence-electron chi connectivity index (χ2n) is 8.13. The molecule has 0 bridgehead atoms. The summed E-state index contributed by atoms with van der Waals surface area (Å²) in [5.41, 5.74) is 0.713. The number of nitrogens with zero attached hydrogens (tertiary/aromatic N) is 1. The second-order valence-corrected chi connectivity index (χ2v) is 11.6. The van der Waals surface area contributed by atoms with Gasteiger partial charge in [-0.3, -0.25) is 4.79 Å². The van der Waals surface area contributed by atoms with Crippen LogP contribution < -0.4 is 10.1 Å². The smallest absolute Gasteiger partial charge is 0.243 e. The third-order valence-electron chi connectivity index (χ3n) is 5.71. The van der Waals surface area contributed by atoms with Crippen molar-refractivity contribution in [1.29, 1.82) is 0 Å². The van der Waals surface area contributed by atoms with Gasteiger partial charge in [0.15, 0.2) is 0 Å². The molecule has 0 aromatic heterocycles. The van der Waals surface area contributed by atoms with E-state index in [2.05, 4.69) is 5.32 Å². The highest BCUT2D eigenvalue weighted by molar-refractivity contribution is 7.99. The molecule has 184 valence electrons. The average Bonchev–Trinajstić information content (AvgIpc) is 2.87. The molecular weight excluding hydrogens is 504 g/mol. The van der Waals surface area contributed by atoms with Gasteiger partial charge in [-0.2, -0.15) is 4.31 Å². The number of hydrogen-bond donors (Lipinski definition) is 1. The number of sulfonamides is 1. The summed E-state index contributed by atoms with van der Waals surface area (Å²) >= 11 is 7.79. The molecule has 1 saturated heterocycles. The standard InChI is InChI=1S/C26H27ClN2O4S2/c1-2-33-24-15-14-21(17-22(24)27)35(31,32)29-16-8-9-19(18-29)26(30)28-23-12-6-7-13-25(23)34-20-10-4-3-5-11-20/h3-7,10-15,17,19H,2,8-9,16,18H2,1H3,(H,28,30)/t19-/m0/s1. The van der Waals surface area contributed by atoms with Gasteiger partial charge in [-0.25, -0.2) is 8.42 Å². The lowest BCUT2D eigenvalue weighted by molar-refractivity contribution is -0.120. The number of benzene rings is 3. The summed E-state index contributed by atoms with van der Waals surface area (Å²) in [7, 11) is -3.80. The first-order chi connectivity index (χ1) is 16.9. The Bertz CT molecular complexity index is 1290. The Kier molecular flexibility index (Phi) is 8.38. The zero-order valence-electron chi connectivity index (χ0n) is 19.3. The van der Waals surface area contributed by atoms with Crippen molar-refractivity contribution in [2.24, 2.45) is 5.92 Å². The van der Waals surface area contributed by atoms with Crippen LogP contribution in [-0.4, -0.2) is 38.3 Å². The third-order valence-corrected chi connectivity index (χ3v) is 8.95. The van der Waals surface area contributed by atoms with Gasteiger partial charge >= 0.3 is 0 Å². The summed E-state index contributed by atoms with van der Waals surface area (Å²) in [5.74, 6) is -0.196. The normalized spacial score (nSPS) is 16.6. The maximum absolute atomic E-state index is 13.3. The lowest BCUT2D eigenvalue weighted by Gasteiger charge is -2.31. The summed E-state index contributed by atoms with van der Waals surface area (Å²) in [4.78, 5) is 15.3. The number of ether oxygens (including phenoxy) is 1. The molecule has 4 rings (SSSR count). The van der Waals surface area contributed by atoms with Crippen LogP contribution >= 0.6 is 23.4 Å². The molecule has 1 fully saturated rings. The van der Waals surface area contributed by atoms with Crippen molar-refractivity contribution in [2.45, 2.75) is 34.5 Å². The predicted octanol–water partition coefficient (Wildman–Crippen LogP) is 5.93. The minimum atomic E-state index is -3.80. The quantitative estimate of drug-likeness (QED) is 0.390. The molecule has 9 heteroatoms. The van der Waals surface area contributed by atoms with Crippen molar-refractivity contribution in [3.63, 3.8) is 0 Å². The number of carbonyl (C=O) groups excluding carboxylic acids is 1. The van der Waals surface area contributed by atoms with Crippen LogP contribution in [0.2, 0.25) is 5.02 Å². The van der Waals surface area contributed by atoms with Crippen LogP contribution in [0.5, 0.6) is 5.75 Å². The fourth-order valence-corrected chi connectivity index (χ4v) is 6.72. The van der Waals surface area contributed by atoms with Gasteiger partial charge in [0.25, 0.3) is 0 Å². The topological polar surface area (TPSA) is 75.7 Å². The fraction of sp³-hybridized carbons (Fsp3) is 0.269. The molecule has 0 saturated carbocycles. The summed E-state index contributed by atoms with van der Waals surface area (Å²) < 4.78 is 33.3. The number of piperidine rings is 1. The molecule has 0 unspecified atom stereocenters. The van der Waals surface area contributed by atoms with Crippen LogP contribution in [0.15, 0.2) is 87.5 Å². The SMILES string of the molecule is CCOc1ccc(S(=O)(=O)N2CCC[C@H](C(=O)Nc3ccccc3Sc3ccccc3)C2)cc1Cl. The van der Waals surface area contributed by atoms with Crippen molar-refractivity contribution in [3.8, 4) is 5.75 Å². The molecule has 1 aliphatic heterocycles. The molecule has 35 heavy (non-hydrogen) atoms. The van der Waals surface area contributed by atoms with Gasteiger partial charge in [-0.1, -0.05) is 53.7 Å². The minimum absolute atomic E-state index is 0.0941. The first-order valence-corrected chi connectivity index (χ1v) is 14.1. The second kappa shape index (κ2) is 11.5. The molecule has 3 aromatic carbocycles. The highest BCUT2D eigenvalue weighted by atomic mass is 35.5. The minimum Gasteiger partial charge on any atom is -0.492 e. The van der Waals surface area contributed by atoms with E-state index in [9.17, 15) is 13.2 Å². The van der Waals surface area contributed by atoms with Crippen LogP contribution in [0, 0.1) is 5.92 Å². The Morgan fingerprint density at radius 1 is 1.11 bits per heavy atom. The number of rotatable bonds is 8. The lowest BCUT2D eigenvalue weighted by Crippen LogP contribution is -2.43. The van der Waals surface area contributed by atoms with E-state index < -0.39 is 15.9 Å². The first kappa shape index (κ1) is 25.6. The van der Waals surface area contributed by atoms with E-state index in [1.807, 2.05) is 61.5 Å². The van der Waals surface area contributed by atoms with Gasteiger partial charge < -0.3 is 10.1 Å². The van der Waals surface area contributed by atoms with Crippen LogP contribution in [0.3, 0.4) is 0 Å². The van der Waals surface area contributed by atoms with E-state index in [1.54, 1.807) is 17.8 Å². The van der Waals surface area contributed by atoms with Crippen molar-refractivity contribution in [1.82, 2.24) is 4.31 Å². The van der Waals surface area contributed by atoms with Crippen molar-refractivity contribution in [3.05, 3.63) is 77.8 Å². The van der Waals surface area contributed by atoms with E-state index in [0.717, 1.165) is 9.79 Å². The molecule has 0 radical (unpaired) electrons. The highest BCUT2D eigenvalue weighted by Crippen LogP contribution is 2.34. The Hall–Kier alpha value is -2.52. The Labute approximate surface area is 215 Å². The van der Waals surface area contributed by atoms with E-state index in [0.29, 0.717) is 37.4 Å². The maximum atomic E-state index is 13.3. The van der Waals surface area contributed by atoms with Crippen molar-refractivity contribution >= 4 is 45.0 Å². The Morgan fingerprint density at radius 2 is 1.86 bits per heavy atom. The zero-order chi connectivity index (χ0) is 24.8. The van der Waals surface area contributed by atoms with Crippen molar-refractivity contribution < 1.29 is 17.9 Å². The molecule has 0 spiro atoms. The zero-order valence-corrected chi connectivity index (χ0v) is 21.7. The summed E-state index contributed by atoms with van der Waals surface area (Å²) in [5, 5.41) is 3.27. The summed E-state index contributed by atoms with van der Waals surface area (Å²) in [6.07, 6.45) is 1.22. The monoisotopic (exact) mass is 530 g/mol. The third kappa shape index (κ3) is 6.19. The molecule has 1 amide bonds. The van der Waals surface area contributed by atoms with Crippen LogP contribution in [0.25, 0.3) is 0 Å². The molecule has 1 heterocycles. The predicted molar refractivity (Wildman–Crippen MR) is 140 cm³/mol. The molecule has 1 aliphatic rings. The number of halogens is 1. The van der Waals surface area contributed by atoms with Gasteiger partial charge in [0.1, 0.15) is 5.75 Å². The summed E-state index contributed by atoms with van der Waals surface area (Å²) in [6, 6.07) is 22.0. The molecule has 6 nitrogen and oxygen atoms in total. The van der Waals surface area contributed by atoms with Gasteiger partial charge in [0, 0.05) is 22.9 Å². The molecule has 3 aromatic rings. The van der Waals surface area contributed by atoms with Crippen LogP contribution in [0.4, 0.5) is 5.69 Å². The number of nitrogens with one attached hydrogen (secondary N) is 1. The average molecular weight is 531 g/mol. The van der Waals surface area contributed by atoms with Crippen molar-refractivity contribution in [2.75, 3.05) is 25.0 Å². The number of carbonyl (C=O) groups is 1. The van der Waals surface area contributed by atoms with E-state index in [-0.39, 0.29) is 22.4 Å². The number of amides is 1. The first-order valence-electron chi connectivity index (χ1n) is 11.4. The number of anilines is 1. The van der Waals surface area contributed by atoms with E-state index in [1.165, 1.54) is 16.4 Å². The fourth-order valence-electron chi connectivity index (χ4n) is 3.95. The van der Waals surface area contributed by atoms with E-state index in [4.69, 9.17) is 16.3 Å². The molecule has 1 atom stereocenters. The summed E-state index contributed by atoms with van der Waals surface area (Å²) in [6.45, 7) is 2.74. The van der Waals surface area contributed by atoms with Gasteiger partial charge in [-0.15, -0.1) is 0 Å². The van der Waals surface area contributed by atoms with Crippen LogP contribution in [0.1, 0.15) is 19.8 Å². The Balaban J connectivity index is 1.47. The Morgan fingerprint density at radius 3 is 2.60 bits per heavy atom. The lowest BCUT2D eigenvalue weighted by atomic mass is 9.99. The largest absolute Gasteiger partial charge is 0.492 e. The van der Waals surface area contributed by atoms with Gasteiger partial charge in [0.2, 0.25) is 15.9 Å². The number of para-hydroxylation sites is 1. The van der Waals surface area contributed by atoms with Gasteiger partial charge in [0.05, 0.1) is 28.1 Å². The van der Waals surface area contributed by atoms with Crippen LogP contribution in [-0.2, 0) is 14.8 Å². The number of hydrogen-bond acceptors (Lipinski definition) is 5. The van der Waals surface area contributed by atoms with Gasteiger partial charge in [-0.05, 0) is 62.2 Å². The molecule has 1 N–H and O–H groups in total.